The third-order valence-electron chi connectivity index (χ3n) is 3.44. The van der Waals surface area contributed by atoms with Crippen molar-refractivity contribution in [3.05, 3.63) is 54.6 Å². The maximum atomic E-state index is 5.23. The third kappa shape index (κ3) is 3.77. The van der Waals surface area contributed by atoms with Gasteiger partial charge < -0.3 is 9.64 Å². The molecule has 0 aromatic heterocycles. The van der Waals surface area contributed by atoms with Crippen molar-refractivity contribution in [2.24, 2.45) is 0 Å². The second-order valence-corrected chi connectivity index (χ2v) is 4.89. The summed E-state index contributed by atoms with van der Waals surface area (Å²) in [6.07, 6.45) is 3.71. The summed E-state index contributed by atoms with van der Waals surface area (Å²) < 4.78 is 5.23. The summed E-state index contributed by atoms with van der Waals surface area (Å²) in [5.41, 5.74) is 2.46. The van der Waals surface area contributed by atoms with E-state index in [1.807, 2.05) is 12.1 Å². The summed E-state index contributed by atoms with van der Waals surface area (Å²) in [7, 11) is 1.70. The molecule has 20 heavy (non-hydrogen) atoms. The number of hydrogen-bond donors (Lipinski definition) is 0. The second-order valence-electron chi connectivity index (χ2n) is 4.89. The van der Waals surface area contributed by atoms with E-state index < -0.39 is 0 Å². The largest absolute Gasteiger partial charge is 0.497 e. The minimum atomic E-state index is 0.898. The van der Waals surface area contributed by atoms with E-state index in [0.717, 1.165) is 12.3 Å². The van der Waals surface area contributed by atoms with Gasteiger partial charge in [0.1, 0.15) is 5.75 Å². The maximum absolute atomic E-state index is 5.23. The molecule has 0 amide bonds. The van der Waals surface area contributed by atoms with Crippen LogP contribution in [-0.4, -0.2) is 13.7 Å². The smallest absolute Gasteiger partial charge is 0.119 e. The topological polar surface area (TPSA) is 12.5 Å². The lowest BCUT2D eigenvalue weighted by molar-refractivity contribution is 0.415. The van der Waals surface area contributed by atoms with Gasteiger partial charge in [-0.25, -0.2) is 0 Å². The van der Waals surface area contributed by atoms with Gasteiger partial charge in [-0.3, -0.25) is 0 Å². The van der Waals surface area contributed by atoms with Crippen molar-refractivity contribution in [2.45, 2.75) is 26.2 Å². The average Bonchev–Trinajstić information content (AvgIpc) is 2.53. The minimum absolute atomic E-state index is 0.898. The summed E-state index contributed by atoms with van der Waals surface area (Å²) in [5, 5.41) is 0. The molecule has 2 aromatic rings. The van der Waals surface area contributed by atoms with Gasteiger partial charge in [0, 0.05) is 17.9 Å². The zero-order chi connectivity index (χ0) is 14.2. The third-order valence-corrected chi connectivity index (χ3v) is 3.44. The molecular formula is C18H23NO. The monoisotopic (exact) mass is 269 g/mol. The summed E-state index contributed by atoms with van der Waals surface area (Å²) in [6.45, 7) is 3.28. The first-order chi connectivity index (χ1) is 9.85. The Labute approximate surface area is 122 Å². The number of ether oxygens (including phenoxy) is 1. The number of benzene rings is 2. The molecule has 0 aliphatic rings. The van der Waals surface area contributed by atoms with Crippen molar-refractivity contribution in [1.82, 2.24) is 0 Å². The lowest BCUT2D eigenvalue weighted by Crippen LogP contribution is -2.18. The van der Waals surface area contributed by atoms with Crippen LogP contribution < -0.4 is 9.64 Å². The van der Waals surface area contributed by atoms with E-state index in [-0.39, 0.29) is 0 Å². The van der Waals surface area contributed by atoms with Crippen LogP contribution >= 0.6 is 0 Å². The highest BCUT2D eigenvalue weighted by Gasteiger charge is 2.08. The molecule has 106 valence electrons. The summed E-state index contributed by atoms with van der Waals surface area (Å²) in [4.78, 5) is 2.37. The molecule has 0 heterocycles. The normalized spacial score (nSPS) is 10.3. The molecule has 0 bridgehead atoms. The van der Waals surface area contributed by atoms with Gasteiger partial charge in [0.05, 0.1) is 7.11 Å². The van der Waals surface area contributed by atoms with E-state index in [2.05, 4.69) is 54.3 Å². The Hall–Kier alpha value is -1.96. The van der Waals surface area contributed by atoms with Gasteiger partial charge in [-0.15, -0.1) is 0 Å². The number of hydrogen-bond acceptors (Lipinski definition) is 2. The molecule has 0 aliphatic heterocycles. The molecule has 2 heteroatoms. The van der Waals surface area contributed by atoms with Crippen molar-refractivity contribution >= 4 is 11.4 Å². The lowest BCUT2D eigenvalue weighted by Gasteiger charge is -2.25. The lowest BCUT2D eigenvalue weighted by atomic mass is 10.2. The fourth-order valence-electron chi connectivity index (χ4n) is 2.30. The van der Waals surface area contributed by atoms with E-state index in [4.69, 9.17) is 4.74 Å². The van der Waals surface area contributed by atoms with Crippen LogP contribution in [0.3, 0.4) is 0 Å². The molecule has 0 fully saturated rings. The Morgan fingerprint density at radius 2 is 1.50 bits per heavy atom. The van der Waals surface area contributed by atoms with E-state index in [1.54, 1.807) is 7.11 Å². The van der Waals surface area contributed by atoms with Crippen LogP contribution in [-0.2, 0) is 0 Å². The maximum Gasteiger partial charge on any atom is 0.119 e. The average molecular weight is 269 g/mol. The molecule has 0 radical (unpaired) electrons. The first-order valence-electron chi connectivity index (χ1n) is 7.31. The van der Waals surface area contributed by atoms with E-state index >= 15 is 0 Å². The number of nitrogens with zero attached hydrogens (tertiary/aromatic N) is 1. The van der Waals surface area contributed by atoms with Crippen LogP contribution in [0.5, 0.6) is 5.75 Å². The molecule has 0 saturated carbocycles. The first kappa shape index (κ1) is 14.4. The second kappa shape index (κ2) is 7.59. The van der Waals surface area contributed by atoms with Crippen molar-refractivity contribution in [2.75, 3.05) is 18.6 Å². The van der Waals surface area contributed by atoms with E-state index in [0.29, 0.717) is 0 Å². The Bertz CT molecular complexity index is 493. The quantitative estimate of drug-likeness (QED) is 0.654. The standard InChI is InChI=1S/C18H23NO/c1-3-4-8-15-19(16-9-6-5-7-10-16)17-11-13-18(20-2)14-12-17/h5-7,9-14H,3-4,8,15H2,1-2H3. The number of anilines is 2. The molecule has 0 N–H and O–H groups in total. The first-order valence-corrected chi connectivity index (χ1v) is 7.31. The van der Waals surface area contributed by atoms with Gasteiger partial charge in [0.25, 0.3) is 0 Å². The van der Waals surface area contributed by atoms with Gasteiger partial charge in [-0.05, 0) is 42.8 Å². The molecule has 0 saturated heterocycles. The van der Waals surface area contributed by atoms with Gasteiger partial charge in [-0.1, -0.05) is 38.0 Å². The summed E-state index contributed by atoms with van der Waals surface area (Å²) in [5.74, 6) is 0.898. The molecule has 0 aliphatic carbocycles. The molecule has 0 unspecified atom stereocenters. The molecular weight excluding hydrogens is 246 g/mol. The zero-order valence-electron chi connectivity index (χ0n) is 12.4. The van der Waals surface area contributed by atoms with Gasteiger partial charge in [-0.2, -0.15) is 0 Å². The summed E-state index contributed by atoms with van der Waals surface area (Å²) >= 11 is 0. The highest BCUT2D eigenvalue weighted by molar-refractivity contribution is 5.63. The van der Waals surface area contributed by atoms with Crippen molar-refractivity contribution in [3.8, 4) is 5.75 Å². The van der Waals surface area contributed by atoms with E-state index in [1.165, 1.54) is 30.6 Å². The molecule has 0 atom stereocenters. The van der Waals surface area contributed by atoms with Gasteiger partial charge in [0.2, 0.25) is 0 Å². The highest BCUT2D eigenvalue weighted by Crippen LogP contribution is 2.27. The number of methoxy groups -OCH3 is 1. The molecule has 2 rings (SSSR count). The predicted molar refractivity (Wildman–Crippen MR) is 86.0 cm³/mol. The number of rotatable bonds is 7. The Morgan fingerprint density at radius 1 is 0.850 bits per heavy atom. The Morgan fingerprint density at radius 3 is 2.10 bits per heavy atom. The Balaban J connectivity index is 2.20. The fourth-order valence-corrected chi connectivity index (χ4v) is 2.30. The van der Waals surface area contributed by atoms with Crippen LogP contribution in [0, 0.1) is 0 Å². The van der Waals surface area contributed by atoms with Crippen molar-refractivity contribution < 1.29 is 4.74 Å². The highest BCUT2D eigenvalue weighted by atomic mass is 16.5. The van der Waals surface area contributed by atoms with Crippen LogP contribution in [0.2, 0.25) is 0 Å². The molecule has 2 aromatic carbocycles. The predicted octanol–water partition coefficient (Wildman–Crippen LogP) is 5.02. The zero-order valence-corrected chi connectivity index (χ0v) is 12.4. The van der Waals surface area contributed by atoms with Crippen LogP contribution in [0.25, 0.3) is 0 Å². The number of para-hydroxylation sites is 1. The van der Waals surface area contributed by atoms with Crippen molar-refractivity contribution in [3.63, 3.8) is 0 Å². The van der Waals surface area contributed by atoms with Crippen LogP contribution in [0.15, 0.2) is 54.6 Å². The van der Waals surface area contributed by atoms with Crippen LogP contribution in [0.1, 0.15) is 26.2 Å². The minimum Gasteiger partial charge on any atom is -0.497 e. The SMILES string of the molecule is CCCCCN(c1ccccc1)c1ccc(OC)cc1. The number of unbranched alkanes of at least 4 members (excludes halogenated alkanes) is 2. The summed E-state index contributed by atoms with van der Waals surface area (Å²) in [6, 6.07) is 18.8. The van der Waals surface area contributed by atoms with Gasteiger partial charge in [0.15, 0.2) is 0 Å². The van der Waals surface area contributed by atoms with Crippen molar-refractivity contribution in [1.29, 1.82) is 0 Å². The molecule has 0 spiro atoms. The fraction of sp³-hybridized carbons (Fsp3) is 0.333. The Kier molecular flexibility index (Phi) is 5.48. The van der Waals surface area contributed by atoms with E-state index in [9.17, 15) is 0 Å². The molecule has 2 nitrogen and oxygen atoms in total. The van der Waals surface area contributed by atoms with Crippen LogP contribution in [0.4, 0.5) is 11.4 Å². The van der Waals surface area contributed by atoms with Gasteiger partial charge >= 0.3 is 0 Å².